The first-order valence-corrected chi connectivity index (χ1v) is 6.07. The molecular formula is C12H24O2. The molecule has 1 heterocycles. The molecule has 3 atom stereocenters. The van der Waals surface area contributed by atoms with Gasteiger partial charge in [0, 0.05) is 6.61 Å². The molecule has 14 heavy (non-hydrogen) atoms. The van der Waals surface area contributed by atoms with E-state index >= 15 is 0 Å². The maximum absolute atomic E-state index is 9.57. The Hall–Kier alpha value is -0.0800. The van der Waals surface area contributed by atoms with E-state index in [4.69, 9.17) is 4.74 Å². The number of rotatable bonds is 5. The molecule has 0 aliphatic carbocycles. The third-order valence-electron chi connectivity index (χ3n) is 3.27. The second-order valence-corrected chi connectivity index (χ2v) is 4.40. The second kappa shape index (κ2) is 6.41. The Kier molecular flexibility index (Phi) is 5.49. The summed E-state index contributed by atoms with van der Waals surface area (Å²) in [6, 6.07) is 0. The van der Waals surface area contributed by atoms with Crippen molar-refractivity contribution in [3.05, 3.63) is 0 Å². The van der Waals surface area contributed by atoms with Crippen molar-refractivity contribution in [1.29, 1.82) is 0 Å². The van der Waals surface area contributed by atoms with Gasteiger partial charge in [0.1, 0.15) is 0 Å². The Bertz CT molecular complexity index is 147. The highest BCUT2D eigenvalue weighted by Crippen LogP contribution is 2.26. The average Bonchev–Trinajstić information content (AvgIpc) is 2.19. The summed E-state index contributed by atoms with van der Waals surface area (Å²) in [5.74, 6) is 0.657. The van der Waals surface area contributed by atoms with Gasteiger partial charge in [-0.2, -0.15) is 0 Å². The number of hydrogen-bond acceptors (Lipinski definition) is 2. The Labute approximate surface area is 87.7 Å². The molecule has 3 unspecified atom stereocenters. The SMILES string of the molecule is CCCCC(CC)C1CC(O)CCO1. The monoisotopic (exact) mass is 200 g/mol. The fraction of sp³-hybridized carbons (Fsp3) is 1.00. The average molecular weight is 200 g/mol. The van der Waals surface area contributed by atoms with Crippen molar-refractivity contribution >= 4 is 0 Å². The molecule has 0 aromatic heterocycles. The van der Waals surface area contributed by atoms with Gasteiger partial charge in [0.2, 0.25) is 0 Å². The first-order chi connectivity index (χ1) is 6.77. The quantitative estimate of drug-likeness (QED) is 0.739. The number of aliphatic hydroxyl groups excluding tert-OH is 1. The molecule has 1 aliphatic heterocycles. The van der Waals surface area contributed by atoms with Gasteiger partial charge in [-0.25, -0.2) is 0 Å². The van der Waals surface area contributed by atoms with Crippen LogP contribution >= 0.6 is 0 Å². The molecule has 0 aromatic rings. The van der Waals surface area contributed by atoms with Crippen molar-refractivity contribution in [2.45, 2.75) is 64.6 Å². The summed E-state index contributed by atoms with van der Waals surface area (Å²) in [6.07, 6.45) is 6.84. The van der Waals surface area contributed by atoms with Crippen molar-refractivity contribution in [1.82, 2.24) is 0 Å². The van der Waals surface area contributed by atoms with E-state index in [1.54, 1.807) is 0 Å². The highest BCUT2D eigenvalue weighted by atomic mass is 16.5. The lowest BCUT2D eigenvalue weighted by Gasteiger charge is -2.32. The smallest absolute Gasteiger partial charge is 0.0627 e. The molecule has 1 rings (SSSR count). The normalized spacial score (nSPS) is 30.2. The van der Waals surface area contributed by atoms with Crippen molar-refractivity contribution < 1.29 is 9.84 Å². The van der Waals surface area contributed by atoms with Crippen LogP contribution in [0, 0.1) is 5.92 Å². The Morgan fingerprint density at radius 3 is 2.79 bits per heavy atom. The van der Waals surface area contributed by atoms with Crippen LogP contribution in [0.5, 0.6) is 0 Å². The molecule has 0 bridgehead atoms. The van der Waals surface area contributed by atoms with Gasteiger partial charge in [-0.3, -0.25) is 0 Å². The van der Waals surface area contributed by atoms with Crippen molar-refractivity contribution in [3.8, 4) is 0 Å². The van der Waals surface area contributed by atoms with Crippen LogP contribution in [0.15, 0.2) is 0 Å². The lowest BCUT2D eigenvalue weighted by molar-refractivity contribution is -0.0716. The zero-order chi connectivity index (χ0) is 10.4. The van der Waals surface area contributed by atoms with Crippen LogP contribution in [0.3, 0.4) is 0 Å². The van der Waals surface area contributed by atoms with E-state index in [0.29, 0.717) is 12.0 Å². The van der Waals surface area contributed by atoms with Gasteiger partial charge in [-0.1, -0.05) is 33.1 Å². The lowest BCUT2D eigenvalue weighted by Crippen LogP contribution is -2.34. The lowest BCUT2D eigenvalue weighted by atomic mass is 9.88. The molecule has 0 spiro atoms. The first kappa shape index (κ1) is 12.0. The van der Waals surface area contributed by atoms with Crippen LogP contribution in [0.1, 0.15) is 52.4 Å². The van der Waals surface area contributed by atoms with E-state index in [1.165, 1.54) is 25.7 Å². The van der Waals surface area contributed by atoms with E-state index < -0.39 is 0 Å². The molecule has 1 fully saturated rings. The zero-order valence-electron chi connectivity index (χ0n) is 9.54. The Morgan fingerprint density at radius 1 is 1.43 bits per heavy atom. The van der Waals surface area contributed by atoms with Crippen LogP contribution < -0.4 is 0 Å². The van der Waals surface area contributed by atoms with Gasteiger partial charge in [-0.05, 0) is 25.2 Å². The number of ether oxygens (including phenoxy) is 1. The summed E-state index contributed by atoms with van der Waals surface area (Å²) in [4.78, 5) is 0. The van der Waals surface area contributed by atoms with E-state index in [0.717, 1.165) is 19.4 Å². The molecular weight excluding hydrogens is 176 g/mol. The predicted octanol–water partition coefficient (Wildman–Crippen LogP) is 2.74. The summed E-state index contributed by atoms with van der Waals surface area (Å²) in [5.41, 5.74) is 0. The third-order valence-corrected chi connectivity index (χ3v) is 3.27. The summed E-state index contributed by atoms with van der Waals surface area (Å²) >= 11 is 0. The largest absolute Gasteiger partial charge is 0.393 e. The minimum atomic E-state index is -0.121. The fourth-order valence-electron chi connectivity index (χ4n) is 2.26. The van der Waals surface area contributed by atoms with Gasteiger partial charge >= 0.3 is 0 Å². The summed E-state index contributed by atoms with van der Waals surface area (Å²) in [5, 5.41) is 9.57. The van der Waals surface area contributed by atoms with E-state index in [2.05, 4.69) is 13.8 Å². The summed E-state index contributed by atoms with van der Waals surface area (Å²) < 4.78 is 5.74. The third kappa shape index (κ3) is 3.58. The van der Waals surface area contributed by atoms with Gasteiger partial charge < -0.3 is 9.84 Å². The molecule has 0 radical (unpaired) electrons. The Balaban J connectivity index is 2.34. The molecule has 1 saturated heterocycles. The maximum atomic E-state index is 9.57. The van der Waals surface area contributed by atoms with Crippen molar-refractivity contribution in [2.24, 2.45) is 5.92 Å². The van der Waals surface area contributed by atoms with Gasteiger partial charge in [0.15, 0.2) is 0 Å². The summed E-state index contributed by atoms with van der Waals surface area (Å²) in [6.45, 7) is 5.20. The molecule has 0 aromatic carbocycles. The van der Waals surface area contributed by atoms with Crippen LogP contribution in [0.2, 0.25) is 0 Å². The summed E-state index contributed by atoms with van der Waals surface area (Å²) in [7, 11) is 0. The number of unbranched alkanes of at least 4 members (excludes halogenated alkanes) is 1. The highest BCUT2D eigenvalue weighted by Gasteiger charge is 2.26. The maximum Gasteiger partial charge on any atom is 0.0627 e. The van der Waals surface area contributed by atoms with E-state index in [9.17, 15) is 5.11 Å². The molecule has 2 heteroatoms. The predicted molar refractivity (Wildman–Crippen MR) is 58.3 cm³/mol. The van der Waals surface area contributed by atoms with Crippen LogP contribution in [0.25, 0.3) is 0 Å². The Morgan fingerprint density at radius 2 is 2.21 bits per heavy atom. The minimum absolute atomic E-state index is 0.121. The standard InChI is InChI=1S/C12H24O2/c1-3-5-6-10(4-2)12-9-11(13)7-8-14-12/h10-13H,3-9H2,1-2H3. The van der Waals surface area contributed by atoms with Crippen LogP contribution in [-0.2, 0) is 4.74 Å². The molecule has 2 nitrogen and oxygen atoms in total. The van der Waals surface area contributed by atoms with E-state index in [1.807, 2.05) is 0 Å². The van der Waals surface area contributed by atoms with Crippen molar-refractivity contribution in [3.63, 3.8) is 0 Å². The molecule has 1 N–H and O–H groups in total. The van der Waals surface area contributed by atoms with Gasteiger partial charge in [0.05, 0.1) is 12.2 Å². The molecule has 84 valence electrons. The zero-order valence-corrected chi connectivity index (χ0v) is 9.54. The fourth-order valence-corrected chi connectivity index (χ4v) is 2.26. The molecule has 0 amide bonds. The van der Waals surface area contributed by atoms with Crippen LogP contribution in [0.4, 0.5) is 0 Å². The second-order valence-electron chi connectivity index (χ2n) is 4.40. The van der Waals surface area contributed by atoms with Crippen molar-refractivity contribution in [2.75, 3.05) is 6.61 Å². The molecule has 1 aliphatic rings. The van der Waals surface area contributed by atoms with E-state index in [-0.39, 0.29) is 6.10 Å². The van der Waals surface area contributed by atoms with Gasteiger partial charge in [-0.15, -0.1) is 0 Å². The minimum Gasteiger partial charge on any atom is -0.393 e. The van der Waals surface area contributed by atoms with Crippen LogP contribution in [-0.4, -0.2) is 23.9 Å². The molecule has 0 saturated carbocycles. The highest BCUT2D eigenvalue weighted by molar-refractivity contribution is 4.76. The number of hydrogen-bond donors (Lipinski definition) is 1. The topological polar surface area (TPSA) is 29.5 Å². The number of aliphatic hydroxyl groups is 1. The van der Waals surface area contributed by atoms with Gasteiger partial charge in [0.25, 0.3) is 0 Å². The first-order valence-electron chi connectivity index (χ1n) is 6.07.